The summed E-state index contributed by atoms with van der Waals surface area (Å²) in [5, 5.41) is 14.3. The van der Waals surface area contributed by atoms with Crippen LogP contribution in [0.2, 0.25) is 0 Å². The highest BCUT2D eigenvalue weighted by atomic mass is 16.3. The fourth-order valence-corrected chi connectivity index (χ4v) is 5.63. The zero-order valence-corrected chi connectivity index (χ0v) is 23.0. The maximum Gasteiger partial charge on any atom is 0.278 e. The van der Waals surface area contributed by atoms with E-state index in [4.69, 9.17) is 4.98 Å². The Labute approximate surface area is 227 Å². The van der Waals surface area contributed by atoms with Crippen LogP contribution in [0.15, 0.2) is 60.0 Å². The third-order valence-electron chi connectivity index (χ3n) is 7.95. The van der Waals surface area contributed by atoms with Crippen molar-refractivity contribution in [2.45, 2.75) is 70.7 Å². The zero-order chi connectivity index (χ0) is 27.5. The van der Waals surface area contributed by atoms with Crippen molar-refractivity contribution in [3.8, 4) is 5.82 Å². The second kappa shape index (κ2) is 9.14. The van der Waals surface area contributed by atoms with Crippen LogP contribution >= 0.6 is 0 Å². The molecule has 39 heavy (non-hydrogen) atoms. The Hall–Kier alpha value is -3.82. The van der Waals surface area contributed by atoms with Gasteiger partial charge in [-0.1, -0.05) is 18.2 Å². The van der Waals surface area contributed by atoms with Crippen LogP contribution in [0.3, 0.4) is 0 Å². The summed E-state index contributed by atoms with van der Waals surface area (Å²) >= 11 is 0. The number of anilines is 2. The van der Waals surface area contributed by atoms with Gasteiger partial charge in [-0.05, 0) is 75.9 Å². The molecule has 0 atom stereocenters. The second-order valence-electron chi connectivity index (χ2n) is 11.6. The summed E-state index contributed by atoms with van der Waals surface area (Å²) in [6.45, 7) is 14.0. The van der Waals surface area contributed by atoms with Gasteiger partial charge in [-0.3, -0.25) is 9.69 Å². The lowest BCUT2D eigenvalue weighted by atomic mass is 9.86. The average Bonchev–Trinajstić information content (AvgIpc) is 3.61. The molecule has 0 bridgehead atoms. The number of aromatic nitrogens is 5. The molecule has 2 aliphatic rings. The molecular formula is C30H35N7O2. The van der Waals surface area contributed by atoms with E-state index in [0.29, 0.717) is 40.0 Å². The summed E-state index contributed by atoms with van der Waals surface area (Å²) in [6, 6.07) is 12.4. The van der Waals surface area contributed by atoms with E-state index < -0.39 is 5.60 Å². The Balaban J connectivity index is 1.41. The minimum atomic E-state index is -1.14. The Bertz CT molecular complexity index is 1640. The van der Waals surface area contributed by atoms with Crippen molar-refractivity contribution in [2.75, 3.05) is 11.9 Å². The number of nitrogens with zero attached hydrogens (tertiary/aromatic N) is 6. The van der Waals surface area contributed by atoms with Gasteiger partial charge in [-0.25, -0.2) is 19.3 Å². The molecule has 1 saturated carbocycles. The SMILES string of the molecule is C=CCn1c(=O)c2cnc(Nc3ccc4c(c3)CN(C(C)C)CC43CC3)nc2n1-c1cccc(C(C)(C)O)n1. The monoisotopic (exact) mass is 525 g/mol. The topological polar surface area (TPSA) is 101 Å². The van der Waals surface area contributed by atoms with Gasteiger partial charge in [0, 0.05) is 36.4 Å². The van der Waals surface area contributed by atoms with E-state index >= 15 is 0 Å². The Kier molecular flexibility index (Phi) is 5.96. The number of hydrogen-bond donors (Lipinski definition) is 2. The average molecular weight is 526 g/mol. The van der Waals surface area contributed by atoms with Crippen molar-refractivity contribution >= 4 is 22.7 Å². The number of nitrogens with one attached hydrogen (secondary N) is 1. The number of aliphatic hydroxyl groups is 1. The van der Waals surface area contributed by atoms with Crippen LogP contribution in [0.25, 0.3) is 16.9 Å². The van der Waals surface area contributed by atoms with Gasteiger partial charge in [0.15, 0.2) is 11.5 Å². The van der Waals surface area contributed by atoms with Gasteiger partial charge in [0.25, 0.3) is 5.56 Å². The molecule has 1 aliphatic heterocycles. The predicted molar refractivity (Wildman–Crippen MR) is 153 cm³/mol. The summed E-state index contributed by atoms with van der Waals surface area (Å²) in [5.74, 6) is 0.869. The predicted octanol–water partition coefficient (Wildman–Crippen LogP) is 4.39. The van der Waals surface area contributed by atoms with Crippen molar-refractivity contribution in [1.29, 1.82) is 0 Å². The normalized spacial score (nSPS) is 16.6. The molecule has 202 valence electrons. The first-order valence-electron chi connectivity index (χ1n) is 13.5. The highest BCUT2D eigenvalue weighted by Crippen LogP contribution is 2.53. The van der Waals surface area contributed by atoms with Gasteiger partial charge >= 0.3 is 0 Å². The number of hydrogen-bond acceptors (Lipinski definition) is 7. The van der Waals surface area contributed by atoms with E-state index in [-0.39, 0.29) is 12.1 Å². The molecule has 0 saturated heterocycles. The quantitative estimate of drug-likeness (QED) is 0.345. The maximum absolute atomic E-state index is 13.3. The van der Waals surface area contributed by atoms with Crippen molar-refractivity contribution in [2.24, 2.45) is 0 Å². The summed E-state index contributed by atoms with van der Waals surface area (Å²) in [7, 11) is 0. The van der Waals surface area contributed by atoms with Crippen LogP contribution in [0.4, 0.5) is 11.6 Å². The van der Waals surface area contributed by atoms with Crippen molar-refractivity contribution in [3.05, 3.63) is 82.4 Å². The smallest absolute Gasteiger partial charge is 0.278 e. The molecule has 3 aromatic heterocycles. The van der Waals surface area contributed by atoms with E-state index in [9.17, 15) is 9.90 Å². The molecule has 1 spiro atoms. The molecule has 0 unspecified atom stereocenters. The molecule has 1 fully saturated rings. The third kappa shape index (κ3) is 4.45. The fourth-order valence-electron chi connectivity index (χ4n) is 5.63. The molecule has 4 heterocycles. The lowest BCUT2D eigenvalue weighted by Crippen LogP contribution is -2.41. The van der Waals surface area contributed by atoms with Crippen LogP contribution in [0.1, 0.15) is 57.4 Å². The van der Waals surface area contributed by atoms with E-state index in [1.54, 1.807) is 42.9 Å². The van der Waals surface area contributed by atoms with Gasteiger partial charge in [0.05, 0.1) is 12.2 Å². The summed E-state index contributed by atoms with van der Waals surface area (Å²) in [5.41, 5.74) is 3.59. The second-order valence-corrected chi connectivity index (χ2v) is 11.6. The molecule has 9 nitrogen and oxygen atoms in total. The molecule has 1 aliphatic carbocycles. The number of pyridine rings is 1. The summed E-state index contributed by atoms with van der Waals surface area (Å²) in [6.07, 6.45) is 5.71. The molecule has 0 radical (unpaired) electrons. The van der Waals surface area contributed by atoms with E-state index in [1.165, 1.54) is 28.7 Å². The minimum absolute atomic E-state index is 0.232. The molecule has 4 aromatic rings. The van der Waals surface area contributed by atoms with E-state index in [2.05, 4.69) is 58.8 Å². The number of benzene rings is 1. The first kappa shape index (κ1) is 25.5. The summed E-state index contributed by atoms with van der Waals surface area (Å²) in [4.78, 5) is 29.7. The number of allylic oxidation sites excluding steroid dienone is 1. The van der Waals surface area contributed by atoms with Crippen LogP contribution < -0.4 is 10.9 Å². The molecule has 9 heteroatoms. The highest BCUT2D eigenvalue weighted by Gasteiger charge is 2.49. The van der Waals surface area contributed by atoms with Crippen LogP contribution in [0, 0.1) is 0 Å². The van der Waals surface area contributed by atoms with Crippen LogP contribution in [-0.2, 0) is 24.1 Å². The highest BCUT2D eigenvalue weighted by molar-refractivity contribution is 5.77. The fraction of sp³-hybridized carbons (Fsp3) is 0.400. The van der Waals surface area contributed by atoms with Crippen molar-refractivity contribution < 1.29 is 5.11 Å². The zero-order valence-electron chi connectivity index (χ0n) is 23.0. The van der Waals surface area contributed by atoms with Gasteiger partial charge in [0.2, 0.25) is 5.95 Å². The van der Waals surface area contributed by atoms with Gasteiger partial charge in [-0.15, -0.1) is 6.58 Å². The summed E-state index contributed by atoms with van der Waals surface area (Å²) < 4.78 is 3.20. The molecular weight excluding hydrogens is 490 g/mol. The number of rotatable bonds is 7. The third-order valence-corrected chi connectivity index (χ3v) is 7.95. The van der Waals surface area contributed by atoms with Crippen LogP contribution in [-0.4, -0.2) is 46.9 Å². The van der Waals surface area contributed by atoms with Crippen molar-refractivity contribution in [3.63, 3.8) is 0 Å². The Morgan fingerprint density at radius 2 is 2.00 bits per heavy atom. The first-order chi connectivity index (χ1) is 18.6. The lowest BCUT2D eigenvalue weighted by molar-refractivity contribution is 0.0738. The molecule has 6 rings (SSSR count). The Morgan fingerprint density at radius 1 is 1.21 bits per heavy atom. The largest absolute Gasteiger partial charge is 0.384 e. The van der Waals surface area contributed by atoms with E-state index in [0.717, 1.165) is 18.8 Å². The van der Waals surface area contributed by atoms with Gasteiger partial charge in [0.1, 0.15) is 11.0 Å². The standard InChI is InChI=1S/C30H35N7O2/c1-6-14-36-27(38)22-16-31-28(34-26(22)37(36)25-9-7-8-24(33-25)29(4,5)39)32-21-10-11-23-20(15-21)17-35(19(2)3)18-30(23)12-13-30/h6-11,15-16,19,39H,1,12-14,17-18H2,2-5H3,(H,31,32,34). The molecule has 2 N–H and O–H groups in total. The lowest BCUT2D eigenvalue weighted by Gasteiger charge is -2.37. The van der Waals surface area contributed by atoms with Crippen molar-refractivity contribution in [1.82, 2.24) is 29.2 Å². The first-order valence-corrected chi connectivity index (χ1v) is 13.5. The van der Waals surface area contributed by atoms with Gasteiger partial charge in [-0.2, -0.15) is 4.98 Å². The minimum Gasteiger partial charge on any atom is -0.384 e. The molecule has 1 aromatic carbocycles. The maximum atomic E-state index is 13.3. The van der Waals surface area contributed by atoms with E-state index in [1.807, 2.05) is 6.07 Å². The molecule has 0 amide bonds. The number of fused-ring (bicyclic) bond motifs is 3. The Morgan fingerprint density at radius 3 is 2.69 bits per heavy atom. The van der Waals surface area contributed by atoms with Crippen LogP contribution in [0.5, 0.6) is 0 Å². The van der Waals surface area contributed by atoms with Gasteiger partial charge < -0.3 is 10.4 Å².